The van der Waals surface area contributed by atoms with Crippen molar-refractivity contribution in [1.82, 2.24) is 4.31 Å². The zero-order chi connectivity index (χ0) is 14.8. The van der Waals surface area contributed by atoms with E-state index in [9.17, 15) is 8.42 Å². The first-order chi connectivity index (χ1) is 9.43. The van der Waals surface area contributed by atoms with Gasteiger partial charge in [-0.3, -0.25) is 0 Å². The van der Waals surface area contributed by atoms with Crippen molar-refractivity contribution in [2.75, 3.05) is 7.05 Å². The molecule has 0 spiro atoms. The van der Waals surface area contributed by atoms with Gasteiger partial charge in [0.15, 0.2) is 0 Å². The Balaban J connectivity index is 2.21. The van der Waals surface area contributed by atoms with Gasteiger partial charge in [0.05, 0.1) is 5.88 Å². The van der Waals surface area contributed by atoms with Crippen LogP contribution in [0.4, 0.5) is 0 Å². The topological polar surface area (TPSA) is 50.5 Å². The van der Waals surface area contributed by atoms with Crippen LogP contribution in [0.15, 0.2) is 45.9 Å². The van der Waals surface area contributed by atoms with E-state index in [0.29, 0.717) is 12.3 Å². The number of halogens is 1. The third kappa shape index (κ3) is 3.23. The maximum absolute atomic E-state index is 12.3. The lowest BCUT2D eigenvalue weighted by atomic mass is 10.1. The van der Waals surface area contributed by atoms with Crippen LogP contribution in [0, 0.1) is 6.92 Å². The minimum atomic E-state index is -3.63. The van der Waals surface area contributed by atoms with Crippen LogP contribution in [-0.2, 0) is 22.4 Å². The summed E-state index contributed by atoms with van der Waals surface area (Å²) in [5.74, 6) is 0.589. The molecule has 1 aromatic heterocycles. The molecule has 2 rings (SSSR count). The molecule has 0 fully saturated rings. The summed E-state index contributed by atoms with van der Waals surface area (Å²) in [6.07, 6.45) is 0. The third-order valence-electron chi connectivity index (χ3n) is 2.92. The van der Waals surface area contributed by atoms with Crippen LogP contribution in [0.2, 0.25) is 0 Å². The Bertz CT molecular complexity index is 694. The molecule has 108 valence electrons. The Kier molecular flexibility index (Phi) is 4.52. The second kappa shape index (κ2) is 5.99. The molecule has 0 aliphatic heterocycles. The SMILES string of the molecule is Cc1cccc(CN(C)S(=O)(=O)c2ccc(CCl)o2)c1. The molecule has 4 nitrogen and oxygen atoms in total. The van der Waals surface area contributed by atoms with Crippen LogP contribution in [0.5, 0.6) is 0 Å². The Morgan fingerprint density at radius 1 is 1.25 bits per heavy atom. The van der Waals surface area contributed by atoms with Crippen LogP contribution < -0.4 is 0 Å². The highest BCUT2D eigenvalue weighted by Crippen LogP contribution is 2.20. The van der Waals surface area contributed by atoms with Gasteiger partial charge in [0.2, 0.25) is 5.09 Å². The highest BCUT2D eigenvalue weighted by molar-refractivity contribution is 7.88. The molecule has 1 heterocycles. The second-order valence-electron chi connectivity index (χ2n) is 4.60. The van der Waals surface area contributed by atoms with E-state index < -0.39 is 10.0 Å². The predicted molar refractivity (Wildman–Crippen MR) is 78.1 cm³/mol. The van der Waals surface area contributed by atoms with Crippen molar-refractivity contribution in [3.8, 4) is 0 Å². The molecule has 2 aromatic rings. The lowest BCUT2D eigenvalue weighted by Crippen LogP contribution is -2.26. The third-order valence-corrected chi connectivity index (χ3v) is 4.86. The summed E-state index contributed by atoms with van der Waals surface area (Å²) in [6.45, 7) is 2.26. The van der Waals surface area contributed by atoms with Crippen molar-refractivity contribution in [3.63, 3.8) is 0 Å². The first kappa shape index (κ1) is 15.1. The molecule has 0 bridgehead atoms. The second-order valence-corrected chi connectivity index (χ2v) is 6.85. The molecule has 0 N–H and O–H groups in total. The average molecular weight is 314 g/mol. The van der Waals surface area contributed by atoms with Crippen LogP contribution in [0.3, 0.4) is 0 Å². The van der Waals surface area contributed by atoms with Crippen molar-refractivity contribution in [3.05, 3.63) is 53.3 Å². The molecule has 0 saturated heterocycles. The number of hydrogen-bond acceptors (Lipinski definition) is 3. The number of alkyl halides is 1. The monoisotopic (exact) mass is 313 g/mol. The number of hydrogen-bond donors (Lipinski definition) is 0. The molecule has 6 heteroatoms. The van der Waals surface area contributed by atoms with Crippen molar-refractivity contribution < 1.29 is 12.8 Å². The van der Waals surface area contributed by atoms with Gasteiger partial charge in [-0.1, -0.05) is 29.8 Å². The summed E-state index contributed by atoms with van der Waals surface area (Å²) in [5.41, 5.74) is 2.02. The van der Waals surface area contributed by atoms with E-state index in [4.69, 9.17) is 16.0 Å². The summed E-state index contributed by atoms with van der Waals surface area (Å²) >= 11 is 5.61. The smallest absolute Gasteiger partial charge is 0.276 e. The number of benzene rings is 1. The van der Waals surface area contributed by atoms with Crippen molar-refractivity contribution in [2.45, 2.75) is 24.4 Å². The lowest BCUT2D eigenvalue weighted by molar-refractivity contribution is 0.393. The van der Waals surface area contributed by atoms with E-state index in [0.717, 1.165) is 11.1 Å². The van der Waals surface area contributed by atoms with Gasteiger partial charge in [-0.25, -0.2) is 8.42 Å². The molecule has 0 unspecified atom stereocenters. The summed E-state index contributed by atoms with van der Waals surface area (Å²) in [7, 11) is -2.10. The standard InChI is InChI=1S/C14H16ClNO3S/c1-11-4-3-5-12(8-11)10-16(2)20(17,18)14-7-6-13(9-15)19-14/h3-8H,9-10H2,1-2H3. The first-order valence-electron chi connectivity index (χ1n) is 6.10. The Hall–Kier alpha value is -1.30. The number of aryl methyl sites for hydroxylation is 1. The zero-order valence-corrected chi connectivity index (χ0v) is 12.9. The normalized spacial score (nSPS) is 12.0. The highest BCUT2D eigenvalue weighted by atomic mass is 35.5. The molecular weight excluding hydrogens is 298 g/mol. The van der Waals surface area contributed by atoms with Gasteiger partial charge in [-0.2, -0.15) is 4.31 Å². The molecule has 0 aliphatic rings. The maximum atomic E-state index is 12.3. The van der Waals surface area contributed by atoms with E-state index in [1.807, 2.05) is 31.2 Å². The van der Waals surface area contributed by atoms with Crippen LogP contribution in [-0.4, -0.2) is 19.8 Å². The fraction of sp³-hybridized carbons (Fsp3) is 0.286. The van der Waals surface area contributed by atoms with Gasteiger partial charge in [0.25, 0.3) is 10.0 Å². The van der Waals surface area contributed by atoms with E-state index in [1.165, 1.54) is 17.4 Å². The van der Waals surface area contributed by atoms with Crippen molar-refractivity contribution in [1.29, 1.82) is 0 Å². The number of nitrogens with zero attached hydrogens (tertiary/aromatic N) is 1. The van der Waals surface area contributed by atoms with Crippen LogP contribution in [0.1, 0.15) is 16.9 Å². The van der Waals surface area contributed by atoms with E-state index in [-0.39, 0.29) is 11.0 Å². The fourth-order valence-electron chi connectivity index (χ4n) is 1.87. The van der Waals surface area contributed by atoms with Gasteiger partial charge in [0.1, 0.15) is 5.76 Å². The molecule has 0 atom stereocenters. The van der Waals surface area contributed by atoms with Gasteiger partial charge >= 0.3 is 0 Å². The average Bonchev–Trinajstić information content (AvgIpc) is 2.88. The Morgan fingerprint density at radius 2 is 2.00 bits per heavy atom. The quantitative estimate of drug-likeness (QED) is 0.797. The predicted octanol–water partition coefficient (Wildman–Crippen LogP) is 3.15. The maximum Gasteiger partial charge on any atom is 0.276 e. The minimum absolute atomic E-state index is 0.0803. The van der Waals surface area contributed by atoms with Crippen molar-refractivity contribution >= 4 is 21.6 Å². The molecule has 0 radical (unpaired) electrons. The summed E-state index contributed by atoms with van der Waals surface area (Å²) in [4.78, 5) is 0. The minimum Gasteiger partial charge on any atom is -0.447 e. The molecule has 1 aromatic carbocycles. The number of sulfonamides is 1. The Labute approximate surface area is 124 Å². The van der Waals surface area contributed by atoms with Crippen molar-refractivity contribution in [2.24, 2.45) is 0 Å². The largest absolute Gasteiger partial charge is 0.447 e. The summed E-state index contributed by atoms with van der Waals surface area (Å²) < 4.78 is 31.2. The highest BCUT2D eigenvalue weighted by Gasteiger charge is 2.24. The molecule has 0 aliphatic carbocycles. The number of rotatable bonds is 5. The number of furan rings is 1. The zero-order valence-electron chi connectivity index (χ0n) is 11.3. The molecule has 20 heavy (non-hydrogen) atoms. The lowest BCUT2D eigenvalue weighted by Gasteiger charge is -2.15. The van der Waals surface area contributed by atoms with Crippen LogP contribution in [0.25, 0.3) is 0 Å². The van der Waals surface area contributed by atoms with E-state index in [1.54, 1.807) is 6.07 Å². The van der Waals surface area contributed by atoms with Gasteiger partial charge in [-0.15, -0.1) is 11.6 Å². The van der Waals surface area contributed by atoms with E-state index >= 15 is 0 Å². The first-order valence-corrected chi connectivity index (χ1v) is 8.07. The Morgan fingerprint density at radius 3 is 2.60 bits per heavy atom. The van der Waals surface area contributed by atoms with E-state index in [2.05, 4.69) is 0 Å². The van der Waals surface area contributed by atoms with Gasteiger partial charge < -0.3 is 4.42 Å². The molecule has 0 amide bonds. The van der Waals surface area contributed by atoms with Gasteiger partial charge in [0, 0.05) is 13.6 Å². The van der Waals surface area contributed by atoms with Crippen LogP contribution >= 0.6 is 11.6 Å². The summed E-state index contributed by atoms with van der Waals surface area (Å²) in [5, 5.41) is -0.0803. The molecular formula is C14H16ClNO3S. The van der Waals surface area contributed by atoms with Gasteiger partial charge in [-0.05, 0) is 24.6 Å². The summed E-state index contributed by atoms with van der Waals surface area (Å²) in [6, 6.07) is 10.7. The fourth-order valence-corrected chi connectivity index (χ4v) is 3.10. The molecule has 0 saturated carbocycles.